The third-order valence-corrected chi connectivity index (χ3v) is 4.89. The van der Waals surface area contributed by atoms with Gasteiger partial charge in [0, 0.05) is 0 Å². The molecule has 0 aliphatic carbocycles. The van der Waals surface area contributed by atoms with Crippen LogP contribution in [-0.2, 0) is 4.79 Å². The number of nitrogens with zero attached hydrogens (tertiary/aromatic N) is 1. The van der Waals surface area contributed by atoms with Gasteiger partial charge in [-0.25, -0.2) is 4.99 Å². The SMILES string of the molecule is COc1cc(/C=C2\SC(=Nc3ccccc3)NC2=O)cc(Br)c1OC. The Balaban J connectivity index is 1.88. The molecule has 0 spiro atoms. The number of methoxy groups -OCH3 is 2. The Hall–Kier alpha value is -2.25. The predicted molar refractivity (Wildman–Crippen MR) is 104 cm³/mol. The number of carbonyl (C=O) groups is 1. The zero-order chi connectivity index (χ0) is 17.8. The quantitative estimate of drug-likeness (QED) is 0.749. The molecule has 0 unspecified atom stereocenters. The number of amidine groups is 1. The van der Waals surface area contributed by atoms with Crippen LogP contribution < -0.4 is 14.8 Å². The first-order valence-electron chi connectivity index (χ1n) is 7.37. The van der Waals surface area contributed by atoms with E-state index in [1.165, 1.54) is 11.8 Å². The van der Waals surface area contributed by atoms with Gasteiger partial charge in [0.2, 0.25) is 0 Å². The molecule has 2 aromatic rings. The number of thioether (sulfide) groups is 1. The molecular weight excluding hydrogens is 404 g/mol. The number of hydrogen-bond acceptors (Lipinski definition) is 5. The van der Waals surface area contributed by atoms with E-state index in [9.17, 15) is 4.79 Å². The molecule has 1 heterocycles. The highest BCUT2D eigenvalue weighted by atomic mass is 79.9. The number of ether oxygens (including phenoxy) is 2. The van der Waals surface area contributed by atoms with Crippen LogP contribution in [0.5, 0.6) is 11.5 Å². The lowest BCUT2D eigenvalue weighted by molar-refractivity contribution is -0.115. The lowest BCUT2D eigenvalue weighted by Gasteiger charge is -2.10. The van der Waals surface area contributed by atoms with E-state index in [2.05, 4.69) is 26.2 Å². The summed E-state index contributed by atoms with van der Waals surface area (Å²) in [5, 5.41) is 3.33. The van der Waals surface area contributed by atoms with Crippen LogP contribution in [0.15, 0.2) is 56.8 Å². The molecule has 0 aromatic heterocycles. The van der Waals surface area contributed by atoms with Crippen LogP contribution in [0, 0.1) is 0 Å². The van der Waals surface area contributed by atoms with Crippen molar-refractivity contribution in [3.63, 3.8) is 0 Å². The molecule has 5 nitrogen and oxygen atoms in total. The minimum Gasteiger partial charge on any atom is -0.493 e. The van der Waals surface area contributed by atoms with Gasteiger partial charge >= 0.3 is 0 Å². The average Bonchev–Trinajstić information content (AvgIpc) is 2.94. The van der Waals surface area contributed by atoms with Gasteiger partial charge in [0.1, 0.15) is 0 Å². The summed E-state index contributed by atoms with van der Waals surface area (Å²) in [6.07, 6.45) is 1.79. The second-order valence-electron chi connectivity index (χ2n) is 5.06. The van der Waals surface area contributed by atoms with E-state index in [1.54, 1.807) is 20.3 Å². The summed E-state index contributed by atoms with van der Waals surface area (Å²) in [5.74, 6) is 1.02. The van der Waals surface area contributed by atoms with Crippen molar-refractivity contribution in [2.75, 3.05) is 14.2 Å². The van der Waals surface area contributed by atoms with Crippen LogP contribution in [0.25, 0.3) is 6.08 Å². The summed E-state index contributed by atoms with van der Waals surface area (Å²) < 4.78 is 11.4. The molecule has 128 valence electrons. The summed E-state index contributed by atoms with van der Waals surface area (Å²) in [5.41, 5.74) is 1.61. The van der Waals surface area contributed by atoms with E-state index in [1.807, 2.05) is 42.5 Å². The van der Waals surface area contributed by atoms with E-state index < -0.39 is 0 Å². The Morgan fingerprint density at radius 3 is 2.60 bits per heavy atom. The molecule has 0 saturated carbocycles. The smallest absolute Gasteiger partial charge is 0.264 e. The predicted octanol–water partition coefficient (Wildman–Crippen LogP) is 4.36. The molecule has 3 rings (SSSR count). The van der Waals surface area contributed by atoms with Gasteiger partial charge in [-0.3, -0.25) is 4.79 Å². The van der Waals surface area contributed by atoms with Crippen LogP contribution in [0.3, 0.4) is 0 Å². The van der Waals surface area contributed by atoms with Crippen molar-refractivity contribution in [3.8, 4) is 11.5 Å². The third kappa shape index (κ3) is 4.05. The summed E-state index contributed by atoms with van der Waals surface area (Å²) in [7, 11) is 3.15. The Labute approximate surface area is 158 Å². The van der Waals surface area contributed by atoms with Crippen LogP contribution in [-0.4, -0.2) is 25.3 Å². The second kappa shape index (κ2) is 7.76. The zero-order valence-electron chi connectivity index (χ0n) is 13.6. The van der Waals surface area contributed by atoms with Gasteiger partial charge in [0.15, 0.2) is 16.7 Å². The minimum atomic E-state index is -0.175. The summed E-state index contributed by atoms with van der Waals surface area (Å²) in [6, 6.07) is 13.2. The first-order chi connectivity index (χ1) is 12.1. The maximum atomic E-state index is 12.2. The van der Waals surface area contributed by atoms with Gasteiger partial charge < -0.3 is 14.8 Å². The highest BCUT2D eigenvalue weighted by molar-refractivity contribution is 9.10. The summed E-state index contributed by atoms with van der Waals surface area (Å²) >= 11 is 4.76. The lowest BCUT2D eigenvalue weighted by atomic mass is 10.2. The molecule has 1 aliphatic heterocycles. The van der Waals surface area contributed by atoms with E-state index >= 15 is 0 Å². The third-order valence-electron chi connectivity index (χ3n) is 3.39. The van der Waals surface area contributed by atoms with Crippen molar-refractivity contribution >= 4 is 50.5 Å². The Bertz CT molecular complexity index is 866. The van der Waals surface area contributed by atoms with Gasteiger partial charge in [0.25, 0.3) is 5.91 Å². The maximum absolute atomic E-state index is 12.2. The number of hydrogen-bond donors (Lipinski definition) is 1. The fraction of sp³-hybridized carbons (Fsp3) is 0.111. The number of nitrogens with one attached hydrogen (secondary N) is 1. The monoisotopic (exact) mass is 418 g/mol. The number of benzene rings is 2. The summed E-state index contributed by atoms with van der Waals surface area (Å²) in [4.78, 5) is 17.2. The average molecular weight is 419 g/mol. The number of rotatable bonds is 4. The molecule has 2 aromatic carbocycles. The number of amides is 1. The molecule has 25 heavy (non-hydrogen) atoms. The van der Waals surface area contributed by atoms with Crippen LogP contribution in [0.1, 0.15) is 5.56 Å². The normalized spacial score (nSPS) is 17.0. The van der Waals surface area contributed by atoms with Gasteiger partial charge in [-0.2, -0.15) is 0 Å². The summed E-state index contributed by atoms with van der Waals surface area (Å²) in [6.45, 7) is 0. The fourth-order valence-electron chi connectivity index (χ4n) is 2.27. The van der Waals surface area contributed by atoms with Crippen molar-refractivity contribution in [2.45, 2.75) is 0 Å². The molecule has 1 fully saturated rings. The van der Waals surface area contributed by atoms with E-state index in [4.69, 9.17) is 9.47 Å². The Kier molecular flexibility index (Phi) is 5.45. The standard InChI is InChI=1S/C18H15BrN2O3S/c1-23-14-9-11(8-13(19)16(14)24-2)10-15-17(22)21-18(25-15)20-12-6-4-3-5-7-12/h3-10H,1-2H3,(H,20,21,22)/b15-10-. The molecule has 1 saturated heterocycles. The fourth-order valence-corrected chi connectivity index (χ4v) is 3.74. The minimum absolute atomic E-state index is 0.175. The van der Waals surface area contributed by atoms with Gasteiger partial charge in [-0.05, 0) is 63.6 Å². The molecule has 0 bridgehead atoms. The second-order valence-corrected chi connectivity index (χ2v) is 6.94. The van der Waals surface area contributed by atoms with Crippen molar-refractivity contribution < 1.29 is 14.3 Å². The van der Waals surface area contributed by atoms with Crippen LogP contribution in [0.2, 0.25) is 0 Å². The molecule has 1 N–H and O–H groups in total. The molecule has 0 atom stereocenters. The highest BCUT2D eigenvalue weighted by Crippen LogP contribution is 2.38. The topological polar surface area (TPSA) is 59.9 Å². The maximum Gasteiger partial charge on any atom is 0.264 e. The number of para-hydroxylation sites is 1. The Morgan fingerprint density at radius 1 is 1.16 bits per heavy atom. The van der Waals surface area contributed by atoms with Gasteiger partial charge in [-0.15, -0.1) is 0 Å². The number of carbonyl (C=O) groups excluding carboxylic acids is 1. The molecule has 7 heteroatoms. The lowest BCUT2D eigenvalue weighted by Crippen LogP contribution is -2.19. The molecule has 0 radical (unpaired) electrons. The van der Waals surface area contributed by atoms with Crippen molar-refractivity contribution in [1.29, 1.82) is 0 Å². The largest absolute Gasteiger partial charge is 0.493 e. The van der Waals surface area contributed by atoms with Crippen molar-refractivity contribution in [1.82, 2.24) is 5.32 Å². The van der Waals surface area contributed by atoms with Gasteiger partial charge in [0.05, 0.1) is 29.3 Å². The first-order valence-corrected chi connectivity index (χ1v) is 8.98. The van der Waals surface area contributed by atoms with Crippen LogP contribution >= 0.6 is 27.7 Å². The van der Waals surface area contributed by atoms with Crippen LogP contribution in [0.4, 0.5) is 5.69 Å². The van der Waals surface area contributed by atoms with Crippen molar-refractivity contribution in [3.05, 3.63) is 57.4 Å². The Morgan fingerprint density at radius 2 is 1.92 bits per heavy atom. The zero-order valence-corrected chi connectivity index (χ0v) is 16.0. The van der Waals surface area contributed by atoms with Gasteiger partial charge in [-0.1, -0.05) is 18.2 Å². The number of halogens is 1. The highest BCUT2D eigenvalue weighted by Gasteiger charge is 2.24. The van der Waals surface area contributed by atoms with E-state index in [0.29, 0.717) is 21.6 Å². The van der Waals surface area contributed by atoms with E-state index in [0.717, 1.165) is 15.7 Å². The molecule has 1 aliphatic rings. The number of aliphatic imine (C=N–C) groups is 1. The molecular formula is C18H15BrN2O3S. The van der Waals surface area contributed by atoms with Crippen molar-refractivity contribution in [2.24, 2.45) is 4.99 Å². The first kappa shape index (κ1) is 17.6. The molecule has 1 amide bonds. The van der Waals surface area contributed by atoms with E-state index in [-0.39, 0.29) is 5.91 Å².